The first-order valence-electron chi connectivity index (χ1n) is 10.1. The summed E-state index contributed by atoms with van der Waals surface area (Å²) in [6.07, 6.45) is 2.84. The summed E-state index contributed by atoms with van der Waals surface area (Å²) in [5.74, 6) is 1.61. The van der Waals surface area contributed by atoms with Crippen LogP contribution in [0, 0.1) is 6.92 Å². The zero-order valence-electron chi connectivity index (χ0n) is 17.2. The second kappa shape index (κ2) is 10.8. The van der Waals surface area contributed by atoms with Crippen LogP contribution in [-0.2, 0) is 14.8 Å². The van der Waals surface area contributed by atoms with Crippen molar-refractivity contribution in [2.45, 2.75) is 31.1 Å². The molecule has 0 aromatic heterocycles. The van der Waals surface area contributed by atoms with Gasteiger partial charge in [0, 0.05) is 24.5 Å². The maximum Gasteiger partial charge on any atom is 0.243 e. The summed E-state index contributed by atoms with van der Waals surface area (Å²) < 4.78 is 33.2. The molecule has 1 aliphatic heterocycles. The van der Waals surface area contributed by atoms with E-state index in [9.17, 15) is 13.2 Å². The zero-order chi connectivity index (χ0) is 21.4. The fourth-order valence-electron chi connectivity index (χ4n) is 3.30. The molecule has 0 spiro atoms. The van der Waals surface area contributed by atoms with Gasteiger partial charge in [-0.1, -0.05) is 30.7 Å². The van der Waals surface area contributed by atoms with Crippen LogP contribution >= 0.6 is 11.8 Å². The van der Waals surface area contributed by atoms with Gasteiger partial charge in [0.15, 0.2) is 0 Å². The van der Waals surface area contributed by atoms with Gasteiger partial charge in [-0.05, 0) is 49.6 Å². The molecule has 0 aliphatic carbocycles. The van der Waals surface area contributed by atoms with E-state index in [-0.39, 0.29) is 16.6 Å². The summed E-state index contributed by atoms with van der Waals surface area (Å²) in [6, 6.07) is 14.6. The van der Waals surface area contributed by atoms with Crippen LogP contribution in [-0.4, -0.2) is 49.8 Å². The number of carbonyl (C=O) groups excluding carboxylic acids is 1. The molecule has 1 fully saturated rings. The highest BCUT2D eigenvalue weighted by atomic mass is 32.2. The van der Waals surface area contributed by atoms with E-state index >= 15 is 0 Å². The molecule has 0 saturated carbocycles. The molecule has 1 heterocycles. The number of anilines is 1. The number of aryl methyl sites for hydroxylation is 1. The number of sulfonamides is 1. The van der Waals surface area contributed by atoms with Crippen LogP contribution in [0.1, 0.15) is 24.8 Å². The first-order valence-corrected chi connectivity index (χ1v) is 12.7. The summed E-state index contributed by atoms with van der Waals surface area (Å²) in [5, 5.41) is 2.81. The minimum Gasteiger partial charge on any atom is -0.493 e. The monoisotopic (exact) mass is 448 g/mol. The van der Waals surface area contributed by atoms with Gasteiger partial charge >= 0.3 is 0 Å². The smallest absolute Gasteiger partial charge is 0.243 e. The summed E-state index contributed by atoms with van der Waals surface area (Å²) in [4.78, 5) is 12.5. The summed E-state index contributed by atoms with van der Waals surface area (Å²) in [6.45, 7) is 3.41. The van der Waals surface area contributed by atoms with Crippen LogP contribution in [0.15, 0.2) is 53.4 Å². The molecule has 2 aromatic carbocycles. The number of nitrogens with zero attached hydrogens (tertiary/aromatic N) is 1. The molecule has 1 amide bonds. The van der Waals surface area contributed by atoms with Gasteiger partial charge in [0.05, 0.1) is 17.3 Å². The lowest BCUT2D eigenvalue weighted by molar-refractivity contribution is -0.113. The van der Waals surface area contributed by atoms with E-state index in [0.29, 0.717) is 36.7 Å². The van der Waals surface area contributed by atoms with Gasteiger partial charge in [0.25, 0.3) is 0 Å². The lowest BCUT2D eigenvalue weighted by Gasteiger charge is -2.26. The van der Waals surface area contributed by atoms with Crippen molar-refractivity contribution < 1.29 is 17.9 Å². The fourth-order valence-corrected chi connectivity index (χ4v) is 5.67. The predicted octanol–water partition coefficient (Wildman–Crippen LogP) is 3.92. The number of ether oxygens (including phenoxy) is 1. The van der Waals surface area contributed by atoms with Crippen molar-refractivity contribution >= 4 is 33.4 Å². The second-order valence-electron chi connectivity index (χ2n) is 7.21. The topological polar surface area (TPSA) is 75.7 Å². The third-order valence-electron chi connectivity index (χ3n) is 4.88. The van der Waals surface area contributed by atoms with E-state index < -0.39 is 10.0 Å². The minimum atomic E-state index is -3.54. The predicted molar refractivity (Wildman–Crippen MR) is 122 cm³/mol. The maximum atomic E-state index is 13.0. The summed E-state index contributed by atoms with van der Waals surface area (Å²) >= 11 is 1.47. The van der Waals surface area contributed by atoms with Crippen molar-refractivity contribution in [2.75, 3.05) is 36.5 Å². The molecule has 6 nitrogen and oxygen atoms in total. The van der Waals surface area contributed by atoms with Crippen molar-refractivity contribution in [2.24, 2.45) is 0 Å². The normalized spacial score (nSPS) is 15.0. The van der Waals surface area contributed by atoms with E-state index in [4.69, 9.17) is 4.74 Å². The molecule has 1 aliphatic rings. The number of benzene rings is 2. The number of carbonyl (C=O) groups is 1. The molecule has 162 valence electrons. The van der Waals surface area contributed by atoms with Crippen molar-refractivity contribution in [3.05, 3.63) is 54.1 Å². The highest BCUT2D eigenvalue weighted by Gasteiger charge is 2.27. The molecule has 0 unspecified atom stereocenters. The van der Waals surface area contributed by atoms with Gasteiger partial charge in [0.2, 0.25) is 15.9 Å². The Morgan fingerprint density at radius 2 is 1.83 bits per heavy atom. The number of para-hydroxylation sites is 1. The summed E-state index contributed by atoms with van der Waals surface area (Å²) in [5.41, 5.74) is 1.19. The summed E-state index contributed by atoms with van der Waals surface area (Å²) in [7, 11) is -3.54. The Labute approximate surface area is 183 Å². The fraction of sp³-hybridized carbons (Fsp3) is 0.409. The van der Waals surface area contributed by atoms with E-state index in [1.807, 2.05) is 30.3 Å². The average molecular weight is 449 g/mol. The standard InChI is InChI=1S/C22H28N2O4S2/c1-18-10-11-19(16-21(18)30(26,27)24-12-6-3-7-13-24)23-22(25)17-29-15-14-28-20-8-4-2-5-9-20/h2,4-5,8-11,16H,3,6-7,12-15,17H2,1H3,(H,23,25). The molecular formula is C22H28N2O4S2. The lowest BCUT2D eigenvalue weighted by atomic mass is 10.2. The first kappa shape index (κ1) is 22.7. The van der Waals surface area contributed by atoms with E-state index in [1.165, 1.54) is 11.8 Å². The van der Waals surface area contributed by atoms with E-state index in [1.54, 1.807) is 29.4 Å². The number of hydrogen-bond acceptors (Lipinski definition) is 5. The zero-order valence-corrected chi connectivity index (χ0v) is 18.8. The Morgan fingerprint density at radius 1 is 1.10 bits per heavy atom. The molecule has 3 rings (SSSR count). The largest absolute Gasteiger partial charge is 0.493 e. The van der Waals surface area contributed by atoms with Gasteiger partial charge in [-0.25, -0.2) is 8.42 Å². The van der Waals surface area contributed by atoms with Gasteiger partial charge in [-0.3, -0.25) is 4.79 Å². The van der Waals surface area contributed by atoms with Crippen LogP contribution in [0.4, 0.5) is 5.69 Å². The highest BCUT2D eigenvalue weighted by Crippen LogP contribution is 2.26. The molecule has 0 bridgehead atoms. The molecule has 8 heteroatoms. The van der Waals surface area contributed by atoms with Crippen LogP contribution in [0.3, 0.4) is 0 Å². The van der Waals surface area contributed by atoms with Gasteiger partial charge in [-0.2, -0.15) is 4.31 Å². The number of nitrogens with one attached hydrogen (secondary N) is 1. The molecule has 2 aromatic rings. The SMILES string of the molecule is Cc1ccc(NC(=O)CSCCOc2ccccc2)cc1S(=O)(=O)N1CCCCC1. The Bertz CT molecular complexity index is 943. The second-order valence-corrected chi connectivity index (χ2v) is 10.2. The van der Waals surface area contributed by atoms with Crippen molar-refractivity contribution in [1.29, 1.82) is 0 Å². The van der Waals surface area contributed by atoms with Gasteiger partial charge in [0.1, 0.15) is 5.75 Å². The van der Waals surface area contributed by atoms with Crippen molar-refractivity contribution in [1.82, 2.24) is 4.31 Å². The Balaban J connectivity index is 1.51. The van der Waals surface area contributed by atoms with Gasteiger partial charge in [-0.15, -0.1) is 11.8 Å². The number of thioether (sulfide) groups is 1. The third kappa shape index (κ3) is 6.23. The highest BCUT2D eigenvalue weighted by molar-refractivity contribution is 7.99. The molecule has 1 saturated heterocycles. The molecular weight excluding hydrogens is 420 g/mol. The Hall–Kier alpha value is -2.03. The number of rotatable bonds is 9. The van der Waals surface area contributed by atoms with Gasteiger partial charge < -0.3 is 10.1 Å². The van der Waals surface area contributed by atoms with Crippen LogP contribution < -0.4 is 10.1 Å². The molecule has 30 heavy (non-hydrogen) atoms. The lowest BCUT2D eigenvalue weighted by Crippen LogP contribution is -2.36. The van der Waals surface area contributed by atoms with E-state index in [2.05, 4.69) is 5.32 Å². The molecule has 0 atom stereocenters. The third-order valence-corrected chi connectivity index (χ3v) is 7.84. The van der Waals surface area contributed by atoms with Crippen LogP contribution in [0.5, 0.6) is 5.75 Å². The molecule has 0 radical (unpaired) electrons. The van der Waals surface area contributed by atoms with Crippen LogP contribution in [0.25, 0.3) is 0 Å². The molecule has 1 N–H and O–H groups in total. The number of amides is 1. The minimum absolute atomic E-state index is 0.162. The quantitative estimate of drug-likeness (QED) is 0.589. The maximum absolute atomic E-state index is 13.0. The number of hydrogen-bond donors (Lipinski definition) is 1. The van der Waals surface area contributed by atoms with Crippen molar-refractivity contribution in [3.8, 4) is 5.75 Å². The Morgan fingerprint density at radius 3 is 2.57 bits per heavy atom. The number of piperidine rings is 1. The average Bonchev–Trinajstić information content (AvgIpc) is 2.76. The van der Waals surface area contributed by atoms with Crippen LogP contribution in [0.2, 0.25) is 0 Å². The van der Waals surface area contributed by atoms with Crippen molar-refractivity contribution in [3.63, 3.8) is 0 Å². The first-order chi connectivity index (χ1) is 14.5. The Kier molecular flexibility index (Phi) is 8.18. The van der Waals surface area contributed by atoms with E-state index in [0.717, 1.165) is 25.0 Å².